The second-order valence-electron chi connectivity index (χ2n) is 7.30. The number of alkyl halides is 6. The summed E-state index contributed by atoms with van der Waals surface area (Å²) in [6.07, 6.45) is -10.4. The van der Waals surface area contributed by atoms with Gasteiger partial charge in [0.25, 0.3) is 0 Å². The second-order valence-corrected chi connectivity index (χ2v) is 7.30. The largest absolute Gasteiger partial charge is 0.494 e. The SMILES string of the molecule is COc1cc(Nc2nc3c(C(F)(F)F)ccc(O[C@@H](C)C(F)(F)F)n3n2)ccc1-n1cnc(C)n1. The molecule has 1 N–H and O–H groups in total. The predicted molar refractivity (Wildman–Crippen MR) is 110 cm³/mol. The van der Waals surface area contributed by atoms with Crippen LogP contribution in [0.2, 0.25) is 0 Å². The average molecular weight is 501 g/mol. The highest BCUT2D eigenvalue weighted by Gasteiger charge is 2.40. The number of nitrogens with one attached hydrogen (secondary N) is 1. The molecular formula is C20H17F6N7O2. The van der Waals surface area contributed by atoms with Gasteiger partial charge >= 0.3 is 12.4 Å². The Morgan fingerprint density at radius 1 is 1.03 bits per heavy atom. The summed E-state index contributed by atoms with van der Waals surface area (Å²) in [6.45, 7) is 2.43. The molecule has 15 heteroatoms. The molecule has 9 nitrogen and oxygen atoms in total. The van der Waals surface area contributed by atoms with Gasteiger partial charge < -0.3 is 14.8 Å². The lowest BCUT2D eigenvalue weighted by Gasteiger charge is -2.18. The number of halogens is 6. The molecule has 0 aliphatic rings. The molecule has 0 radical (unpaired) electrons. The third kappa shape index (κ3) is 4.93. The van der Waals surface area contributed by atoms with E-state index in [1.807, 2.05) is 0 Å². The van der Waals surface area contributed by atoms with Gasteiger partial charge in [-0.1, -0.05) is 0 Å². The maximum absolute atomic E-state index is 13.5. The number of nitrogens with zero attached hydrogens (tertiary/aromatic N) is 6. The van der Waals surface area contributed by atoms with Crippen molar-refractivity contribution in [2.24, 2.45) is 0 Å². The van der Waals surface area contributed by atoms with Crippen molar-refractivity contribution in [2.75, 3.05) is 12.4 Å². The molecule has 4 rings (SSSR count). The molecule has 3 heterocycles. The Hall–Kier alpha value is -4.04. The van der Waals surface area contributed by atoms with E-state index in [0.29, 0.717) is 33.5 Å². The van der Waals surface area contributed by atoms with Crippen LogP contribution in [0.25, 0.3) is 11.3 Å². The fourth-order valence-electron chi connectivity index (χ4n) is 3.09. The standard InChI is InChI=1S/C20H17F6N7O2/c1-10(19(21,22)23)35-16-7-5-13(20(24,25)26)17-29-18(31-33(16)17)28-12-4-6-14(15(8-12)34-3)32-9-27-11(2)30-32/h4-10H,1-3H3,(H,28,31)/t10-/m0/s1. The lowest BCUT2D eigenvalue weighted by molar-refractivity contribution is -0.190. The summed E-state index contributed by atoms with van der Waals surface area (Å²) in [5.74, 6) is 0.00891. The van der Waals surface area contributed by atoms with Crippen molar-refractivity contribution >= 4 is 17.3 Å². The minimum atomic E-state index is -4.83. The minimum Gasteiger partial charge on any atom is -0.494 e. The Kier molecular flexibility index (Phi) is 5.94. The summed E-state index contributed by atoms with van der Waals surface area (Å²) < 4.78 is 91.5. The molecule has 0 saturated carbocycles. The lowest BCUT2D eigenvalue weighted by atomic mass is 10.2. The number of pyridine rings is 1. The van der Waals surface area contributed by atoms with Crippen molar-refractivity contribution in [1.29, 1.82) is 0 Å². The molecule has 0 saturated heterocycles. The van der Waals surface area contributed by atoms with Crippen molar-refractivity contribution in [3.63, 3.8) is 0 Å². The summed E-state index contributed by atoms with van der Waals surface area (Å²) in [5.41, 5.74) is -1.05. The number of aromatic nitrogens is 6. The third-order valence-electron chi connectivity index (χ3n) is 4.80. The summed E-state index contributed by atoms with van der Waals surface area (Å²) in [4.78, 5) is 7.87. The number of rotatable bonds is 6. The maximum atomic E-state index is 13.5. The first-order valence-corrected chi connectivity index (χ1v) is 9.91. The molecule has 0 bridgehead atoms. The number of anilines is 2. The normalized spacial score (nSPS) is 13.2. The first-order valence-electron chi connectivity index (χ1n) is 9.91. The Balaban J connectivity index is 1.72. The summed E-state index contributed by atoms with van der Waals surface area (Å²) in [7, 11) is 1.41. The van der Waals surface area contributed by atoms with Gasteiger partial charge in [-0.25, -0.2) is 9.67 Å². The quantitative estimate of drug-likeness (QED) is 0.383. The topological polar surface area (TPSA) is 91.4 Å². The zero-order valence-corrected chi connectivity index (χ0v) is 18.3. The van der Waals surface area contributed by atoms with Crippen LogP contribution in [0, 0.1) is 6.92 Å². The maximum Gasteiger partial charge on any atom is 0.425 e. The van der Waals surface area contributed by atoms with Crippen LogP contribution in [0.4, 0.5) is 38.0 Å². The fraction of sp³-hybridized carbons (Fsp3) is 0.300. The molecule has 0 unspecified atom stereocenters. The van der Waals surface area contributed by atoms with Gasteiger partial charge in [0, 0.05) is 17.8 Å². The number of hydrogen-bond acceptors (Lipinski definition) is 7. The molecular weight excluding hydrogens is 484 g/mol. The first-order chi connectivity index (χ1) is 16.4. The van der Waals surface area contributed by atoms with Gasteiger partial charge in [0.15, 0.2) is 11.8 Å². The van der Waals surface area contributed by atoms with Gasteiger partial charge in [-0.15, -0.1) is 5.10 Å². The number of hydrogen-bond donors (Lipinski definition) is 1. The van der Waals surface area contributed by atoms with Gasteiger partial charge in [0.1, 0.15) is 29.2 Å². The fourth-order valence-corrected chi connectivity index (χ4v) is 3.09. The second kappa shape index (κ2) is 8.63. The minimum absolute atomic E-state index is 0.308. The Labute approximate surface area is 193 Å². The molecule has 0 fully saturated rings. The van der Waals surface area contributed by atoms with E-state index in [2.05, 4.69) is 25.5 Å². The van der Waals surface area contributed by atoms with Crippen molar-refractivity contribution in [3.05, 3.63) is 48.0 Å². The summed E-state index contributed by atoms with van der Waals surface area (Å²) in [5, 5.41) is 10.8. The van der Waals surface area contributed by atoms with Gasteiger partial charge in [-0.2, -0.15) is 40.9 Å². The van der Waals surface area contributed by atoms with Crippen molar-refractivity contribution in [2.45, 2.75) is 32.3 Å². The number of methoxy groups -OCH3 is 1. The number of fused-ring (bicyclic) bond motifs is 1. The molecule has 186 valence electrons. The van der Waals surface area contributed by atoms with Crippen LogP contribution >= 0.6 is 0 Å². The zero-order valence-electron chi connectivity index (χ0n) is 18.3. The third-order valence-corrected chi connectivity index (χ3v) is 4.80. The van der Waals surface area contributed by atoms with Crippen LogP contribution in [-0.4, -0.2) is 48.8 Å². The molecule has 0 spiro atoms. The van der Waals surface area contributed by atoms with E-state index in [-0.39, 0.29) is 5.95 Å². The van der Waals surface area contributed by atoms with Crippen LogP contribution in [0.1, 0.15) is 18.3 Å². The first kappa shape index (κ1) is 24.1. The molecule has 0 amide bonds. The van der Waals surface area contributed by atoms with Crippen LogP contribution in [0.15, 0.2) is 36.7 Å². The van der Waals surface area contributed by atoms with Gasteiger partial charge in [-0.05, 0) is 32.0 Å². The smallest absolute Gasteiger partial charge is 0.425 e. The number of benzene rings is 1. The van der Waals surface area contributed by atoms with Crippen molar-refractivity contribution in [1.82, 2.24) is 29.4 Å². The molecule has 35 heavy (non-hydrogen) atoms. The molecule has 3 aromatic heterocycles. The van der Waals surface area contributed by atoms with Gasteiger partial charge in [0.05, 0.1) is 7.11 Å². The Morgan fingerprint density at radius 2 is 1.77 bits per heavy atom. The van der Waals surface area contributed by atoms with Crippen LogP contribution in [-0.2, 0) is 6.18 Å². The predicted octanol–water partition coefficient (Wildman–Crippen LogP) is 4.72. The summed E-state index contributed by atoms with van der Waals surface area (Å²) >= 11 is 0. The molecule has 0 aliphatic heterocycles. The van der Waals surface area contributed by atoms with Crippen molar-refractivity contribution in [3.8, 4) is 17.3 Å². The van der Waals surface area contributed by atoms with E-state index in [4.69, 9.17) is 9.47 Å². The molecule has 0 aliphatic carbocycles. The highest BCUT2D eigenvalue weighted by Crippen LogP contribution is 2.35. The van der Waals surface area contributed by atoms with E-state index < -0.39 is 35.5 Å². The molecule has 4 aromatic rings. The van der Waals surface area contributed by atoms with Crippen LogP contribution in [0.3, 0.4) is 0 Å². The van der Waals surface area contributed by atoms with E-state index in [1.54, 1.807) is 19.1 Å². The number of aryl methyl sites for hydroxylation is 1. The van der Waals surface area contributed by atoms with E-state index in [1.165, 1.54) is 24.2 Å². The lowest BCUT2D eigenvalue weighted by Crippen LogP contribution is -2.31. The van der Waals surface area contributed by atoms with Gasteiger partial charge in [-0.3, -0.25) is 0 Å². The highest BCUT2D eigenvalue weighted by atomic mass is 19.4. The van der Waals surface area contributed by atoms with Crippen molar-refractivity contribution < 1.29 is 35.8 Å². The average Bonchev–Trinajstić information content (AvgIpc) is 3.38. The Bertz CT molecular complexity index is 1360. The number of ether oxygens (including phenoxy) is 2. The molecule has 1 aromatic carbocycles. The molecule has 1 atom stereocenters. The van der Waals surface area contributed by atoms with E-state index >= 15 is 0 Å². The van der Waals surface area contributed by atoms with E-state index in [9.17, 15) is 26.3 Å². The Morgan fingerprint density at radius 3 is 2.37 bits per heavy atom. The van der Waals surface area contributed by atoms with Gasteiger partial charge in [0.2, 0.25) is 11.8 Å². The van der Waals surface area contributed by atoms with Crippen LogP contribution in [0.5, 0.6) is 11.6 Å². The summed E-state index contributed by atoms with van der Waals surface area (Å²) in [6, 6.07) is 6.05. The highest BCUT2D eigenvalue weighted by molar-refractivity contribution is 5.63. The monoisotopic (exact) mass is 501 g/mol. The van der Waals surface area contributed by atoms with E-state index in [0.717, 1.165) is 13.0 Å². The zero-order chi connectivity index (χ0) is 25.5. The van der Waals surface area contributed by atoms with Crippen LogP contribution < -0.4 is 14.8 Å².